The number of likely N-dealkylation sites (N-methyl/N-ethyl adjacent to an activating group) is 2. The average Bonchev–Trinajstić information content (AvgIpc) is 2.73. The maximum atomic E-state index is 13.1. The Bertz CT molecular complexity index is 1030. The number of hydrogen-bond acceptors (Lipinski definition) is 4. The van der Waals surface area contributed by atoms with Crippen molar-refractivity contribution in [1.82, 2.24) is 14.5 Å². The molecule has 1 atom stereocenters. The largest absolute Gasteiger partial charge is 0.355 e. The van der Waals surface area contributed by atoms with Crippen LogP contribution in [0.25, 0.3) is 0 Å². The second-order valence-corrected chi connectivity index (χ2v) is 9.71. The summed E-state index contributed by atoms with van der Waals surface area (Å²) in [5.74, 6) is -0.830. The van der Waals surface area contributed by atoms with Crippen LogP contribution in [0.5, 0.6) is 0 Å². The van der Waals surface area contributed by atoms with Gasteiger partial charge in [0.1, 0.15) is 6.04 Å². The molecule has 0 saturated carbocycles. The maximum Gasteiger partial charge on any atom is 0.243 e. The molecule has 1 N–H and O–H groups in total. The Morgan fingerprint density at radius 3 is 2.29 bits per heavy atom. The first-order chi connectivity index (χ1) is 14.6. The van der Waals surface area contributed by atoms with Gasteiger partial charge in [0.25, 0.3) is 0 Å². The number of carbonyl (C=O) groups excluding carboxylic acids is 2. The molecule has 0 fully saturated rings. The molecule has 168 valence electrons. The van der Waals surface area contributed by atoms with Crippen molar-refractivity contribution >= 4 is 33.4 Å². The minimum atomic E-state index is -3.86. The molecule has 0 radical (unpaired) electrons. The Hall–Kier alpha value is -2.42. The molecular formula is C22H28ClN3O4S. The lowest BCUT2D eigenvalue weighted by Crippen LogP contribution is -2.50. The maximum absolute atomic E-state index is 13.1. The van der Waals surface area contributed by atoms with Gasteiger partial charge in [0.15, 0.2) is 0 Å². The number of aryl methyl sites for hydroxylation is 1. The van der Waals surface area contributed by atoms with Gasteiger partial charge in [-0.1, -0.05) is 47.5 Å². The number of hydrogen-bond donors (Lipinski definition) is 1. The topological polar surface area (TPSA) is 86.8 Å². The van der Waals surface area contributed by atoms with Crippen LogP contribution in [0.1, 0.15) is 25.0 Å². The van der Waals surface area contributed by atoms with Gasteiger partial charge < -0.3 is 10.2 Å². The van der Waals surface area contributed by atoms with Gasteiger partial charge in [0, 0.05) is 25.2 Å². The minimum Gasteiger partial charge on any atom is -0.355 e. The standard InChI is InChI=1S/C22H28ClN3O4S/c1-5-24-22(28)17(3)26(14-18-8-6-7-9-20(18)23)21(27)15-25(4)31(29,30)19-12-10-16(2)11-13-19/h6-13,17H,5,14-15H2,1-4H3,(H,24,28)/t17-/m1/s1. The molecule has 0 heterocycles. The normalized spacial score (nSPS) is 12.5. The third kappa shape index (κ3) is 6.29. The van der Waals surface area contributed by atoms with E-state index in [1.54, 1.807) is 50.2 Å². The predicted octanol–water partition coefficient (Wildman–Crippen LogP) is 2.82. The molecule has 0 aliphatic rings. The van der Waals surface area contributed by atoms with E-state index in [0.717, 1.165) is 9.87 Å². The van der Waals surface area contributed by atoms with Crippen molar-refractivity contribution in [3.05, 3.63) is 64.7 Å². The smallest absolute Gasteiger partial charge is 0.243 e. The van der Waals surface area contributed by atoms with E-state index in [4.69, 9.17) is 11.6 Å². The van der Waals surface area contributed by atoms with Crippen LogP contribution in [0, 0.1) is 6.92 Å². The monoisotopic (exact) mass is 465 g/mol. The van der Waals surface area contributed by atoms with E-state index >= 15 is 0 Å². The van der Waals surface area contributed by atoms with Crippen LogP contribution in [-0.4, -0.2) is 55.6 Å². The number of sulfonamides is 1. The summed E-state index contributed by atoms with van der Waals surface area (Å²) in [4.78, 5) is 27.0. The van der Waals surface area contributed by atoms with Crippen LogP contribution in [0.15, 0.2) is 53.4 Å². The zero-order valence-corrected chi connectivity index (χ0v) is 19.7. The lowest BCUT2D eigenvalue weighted by atomic mass is 10.1. The number of halogens is 1. The fraction of sp³-hybridized carbons (Fsp3) is 0.364. The fourth-order valence-electron chi connectivity index (χ4n) is 2.97. The molecule has 2 aromatic carbocycles. The lowest BCUT2D eigenvalue weighted by Gasteiger charge is -2.30. The van der Waals surface area contributed by atoms with Gasteiger partial charge in [-0.05, 0) is 44.5 Å². The number of carbonyl (C=O) groups is 2. The Labute approximate surface area is 189 Å². The molecule has 2 rings (SSSR count). The van der Waals surface area contributed by atoms with E-state index < -0.39 is 28.5 Å². The van der Waals surface area contributed by atoms with Gasteiger partial charge in [0.2, 0.25) is 21.8 Å². The summed E-state index contributed by atoms with van der Waals surface area (Å²) in [5.41, 5.74) is 1.59. The average molecular weight is 466 g/mol. The molecule has 0 saturated heterocycles. The highest BCUT2D eigenvalue weighted by molar-refractivity contribution is 7.89. The number of amides is 2. The van der Waals surface area contributed by atoms with Crippen LogP contribution in [0.3, 0.4) is 0 Å². The third-order valence-corrected chi connectivity index (χ3v) is 7.09. The van der Waals surface area contributed by atoms with E-state index in [9.17, 15) is 18.0 Å². The van der Waals surface area contributed by atoms with E-state index in [-0.39, 0.29) is 17.3 Å². The molecule has 2 aromatic rings. The van der Waals surface area contributed by atoms with Gasteiger partial charge in [-0.25, -0.2) is 8.42 Å². The Morgan fingerprint density at radius 1 is 1.10 bits per heavy atom. The van der Waals surface area contributed by atoms with Crippen LogP contribution < -0.4 is 5.32 Å². The molecular weight excluding hydrogens is 438 g/mol. The zero-order valence-electron chi connectivity index (χ0n) is 18.1. The van der Waals surface area contributed by atoms with E-state index in [1.807, 2.05) is 6.92 Å². The molecule has 31 heavy (non-hydrogen) atoms. The highest BCUT2D eigenvalue weighted by atomic mass is 35.5. The first-order valence-electron chi connectivity index (χ1n) is 9.91. The summed E-state index contributed by atoms with van der Waals surface area (Å²) in [6, 6.07) is 12.6. The highest BCUT2D eigenvalue weighted by Gasteiger charge is 2.30. The second kappa shape index (κ2) is 10.7. The SMILES string of the molecule is CCNC(=O)[C@@H](C)N(Cc1ccccc1Cl)C(=O)CN(C)S(=O)(=O)c1ccc(C)cc1. The summed E-state index contributed by atoms with van der Waals surface area (Å²) in [5, 5.41) is 3.16. The molecule has 0 unspecified atom stereocenters. The number of benzene rings is 2. The molecule has 0 aromatic heterocycles. The second-order valence-electron chi connectivity index (χ2n) is 7.26. The van der Waals surface area contributed by atoms with Gasteiger partial charge in [-0.15, -0.1) is 0 Å². The van der Waals surface area contributed by atoms with Crippen LogP contribution in [0.4, 0.5) is 0 Å². The van der Waals surface area contributed by atoms with Crippen molar-refractivity contribution in [2.75, 3.05) is 20.1 Å². The molecule has 2 amide bonds. The quantitative estimate of drug-likeness (QED) is 0.617. The molecule has 0 bridgehead atoms. The number of nitrogens with one attached hydrogen (secondary N) is 1. The molecule has 7 nitrogen and oxygen atoms in total. The van der Waals surface area contributed by atoms with Crippen molar-refractivity contribution < 1.29 is 18.0 Å². The van der Waals surface area contributed by atoms with Gasteiger partial charge in [0.05, 0.1) is 11.4 Å². The Kier molecular flexibility index (Phi) is 8.61. The van der Waals surface area contributed by atoms with E-state index in [2.05, 4.69) is 5.32 Å². The summed E-state index contributed by atoms with van der Waals surface area (Å²) < 4.78 is 26.7. The molecule has 9 heteroatoms. The van der Waals surface area contributed by atoms with Crippen molar-refractivity contribution in [3.8, 4) is 0 Å². The summed E-state index contributed by atoms with van der Waals surface area (Å²) >= 11 is 6.24. The van der Waals surface area contributed by atoms with Crippen LogP contribution in [0.2, 0.25) is 5.02 Å². The summed E-state index contributed by atoms with van der Waals surface area (Å²) in [7, 11) is -2.52. The van der Waals surface area contributed by atoms with Crippen molar-refractivity contribution in [1.29, 1.82) is 0 Å². The van der Waals surface area contributed by atoms with Crippen LogP contribution in [-0.2, 0) is 26.2 Å². The van der Waals surface area contributed by atoms with Gasteiger partial charge >= 0.3 is 0 Å². The Balaban J connectivity index is 2.28. The summed E-state index contributed by atoms with van der Waals surface area (Å²) in [6.07, 6.45) is 0. The van der Waals surface area contributed by atoms with Crippen molar-refractivity contribution in [2.45, 2.75) is 38.3 Å². The predicted molar refractivity (Wildman–Crippen MR) is 121 cm³/mol. The Morgan fingerprint density at radius 2 is 1.71 bits per heavy atom. The number of nitrogens with zero attached hydrogens (tertiary/aromatic N) is 2. The lowest BCUT2D eigenvalue weighted by molar-refractivity contribution is -0.140. The summed E-state index contributed by atoms with van der Waals surface area (Å²) in [6.45, 7) is 5.33. The van der Waals surface area contributed by atoms with Crippen molar-refractivity contribution in [2.24, 2.45) is 0 Å². The van der Waals surface area contributed by atoms with Crippen LogP contribution >= 0.6 is 11.6 Å². The minimum absolute atomic E-state index is 0.0786. The first-order valence-corrected chi connectivity index (χ1v) is 11.7. The van der Waals surface area contributed by atoms with Gasteiger partial charge in [-0.2, -0.15) is 4.31 Å². The molecule has 0 aliphatic carbocycles. The fourth-order valence-corrected chi connectivity index (χ4v) is 4.29. The van der Waals surface area contributed by atoms with E-state index in [0.29, 0.717) is 17.1 Å². The highest BCUT2D eigenvalue weighted by Crippen LogP contribution is 2.20. The molecule has 0 aliphatic heterocycles. The van der Waals surface area contributed by atoms with Crippen molar-refractivity contribution in [3.63, 3.8) is 0 Å². The molecule has 0 spiro atoms. The first kappa shape index (κ1) is 24.8. The number of rotatable bonds is 9. The third-order valence-electron chi connectivity index (χ3n) is 4.90. The zero-order chi connectivity index (χ0) is 23.2. The van der Waals surface area contributed by atoms with Gasteiger partial charge in [-0.3, -0.25) is 9.59 Å². The van der Waals surface area contributed by atoms with E-state index in [1.165, 1.54) is 24.1 Å².